The van der Waals surface area contributed by atoms with Gasteiger partial charge in [0.1, 0.15) is 6.54 Å². The summed E-state index contributed by atoms with van der Waals surface area (Å²) in [5, 5.41) is 3.62. The molecule has 0 bridgehead atoms. The van der Waals surface area contributed by atoms with Gasteiger partial charge in [0.25, 0.3) is 0 Å². The van der Waals surface area contributed by atoms with Crippen LogP contribution in [0.2, 0.25) is 10.0 Å². The third kappa shape index (κ3) is 2.42. The Kier molecular flexibility index (Phi) is 3.15. The maximum absolute atomic E-state index is 11.7. The van der Waals surface area contributed by atoms with Crippen molar-refractivity contribution >= 4 is 40.5 Å². The van der Waals surface area contributed by atoms with E-state index in [4.69, 9.17) is 24.6 Å². The number of fused-ring (bicyclic) bond motifs is 1. The number of benzodiazepines with no additional fused rings is 1. The van der Waals surface area contributed by atoms with E-state index in [2.05, 4.69) is 10.3 Å². The number of anilines is 1. The van der Waals surface area contributed by atoms with Crippen molar-refractivity contribution in [2.45, 2.75) is 0 Å². The molecular formula is C15H10Cl2N2O. The number of rotatable bonds is 1. The summed E-state index contributed by atoms with van der Waals surface area (Å²) < 4.78 is 7.80. The van der Waals surface area contributed by atoms with E-state index in [-0.39, 0.29) is 18.5 Å². The van der Waals surface area contributed by atoms with E-state index in [0.29, 0.717) is 32.6 Å². The molecule has 0 saturated carbocycles. The van der Waals surface area contributed by atoms with Crippen molar-refractivity contribution in [1.29, 1.82) is 0 Å². The molecule has 0 atom stereocenters. The molecule has 1 heterocycles. The summed E-state index contributed by atoms with van der Waals surface area (Å²) >= 11 is 12.3. The van der Waals surface area contributed by atoms with Gasteiger partial charge in [0, 0.05) is 21.2 Å². The Morgan fingerprint density at radius 2 is 2.05 bits per heavy atom. The van der Waals surface area contributed by atoms with Gasteiger partial charge >= 0.3 is 0 Å². The molecule has 1 N–H and O–H groups in total. The maximum Gasteiger partial charge on any atom is 0.246 e. The quantitative estimate of drug-likeness (QED) is 0.856. The monoisotopic (exact) mass is 305 g/mol. The molecule has 3 rings (SSSR count). The minimum atomic E-state index is -0.202. The molecule has 0 aromatic heterocycles. The molecule has 0 saturated heterocycles. The molecular weight excluding hydrogens is 295 g/mol. The molecule has 0 fully saturated rings. The molecule has 1 aliphatic rings. The first-order chi connectivity index (χ1) is 10.1. The number of hydrogen-bond donors (Lipinski definition) is 1. The highest BCUT2D eigenvalue weighted by Gasteiger charge is 2.19. The van der Waals surface area contributed by atoms with E-state index in [1.165, 1.54) is 0 Å². The topological polar surface area (TPSA) is 41.5 Å². The van der Waals surface area contributed by atoms with E-state index in [9.17, 15) is 4.79 Å². The Hall–Kier alpha value is -1.84. The highest BCUT2D eigenvalue weighted by atomic mass is 35.5. The fourth-order valence-corrected chi connectivity index (χ4v) is 2.46. The summed E-state index contributed by atoms with van der Waals surface area (Å²) in [7, 11) is 0. The molecule has 3 nitrogen and oxygen atoms in total. The lowest BCUT2D eigenvalue weighted by atomic mass is 10.0. The van der Waals surface area contributed by atoms with Crippen LogP contribution in [0.5, 0.6) is 0 Å². The average molecular weight is 306 g/mol. The molecule has 1 amide bonds. The van der Waals surface area contributed by atoms with Gasteiger partial charge in [-0.25, -0.2) is 0 Å². The Labute approximate surface area is 127 Å². The van der Waals surface area contributed by atoms with Gasteiger partial charge in [0.05, 0.1) is 12.8 Å². The second-order valence-electron chi connectivity index (χ2n) is 4.30. The number of nitrogens with zero attached hydrogens (tertiary/aromatic N) is 1. The van der Waals surface area contributed by atoms with Gasteiger partial charge in [-0.1, -0.05) is 41.4 Å². The van der Waals surface area contributed by atoms with Crippen molar-refractivity contribution in [3.8, 4) is 0 Å². The molecule has 0 unspecified atom stereocenters. The van der Waals surface area contributed by atoms with Crippen LogP contribution in [0, 0.1) is 0 Å². The largest absolute Gasteiger partial charge is 0.324 e. The van der Waals surface area contributed by atoms with Crippen LogP contribution in [0.15, 0.2) is 47.4 Å². The fourth-order valence-electron chi connectivity index (χ4n) is 2.08. The Morgan fingerprint density at radius 1 is 1.20 bits per heavy atom. The van der Waals surface area contributed by atoms with Crippen molar-refractivity contribution in [2.75, 3.05) is 11.9 Å². The smallest absolute Gasteiger partial charge is 0.246 e. The summed E-state index contributed by atoms with van der Waals surface area (Å²) in [5.41, 5.74) is 2.50. The summed E-state index contributed by atoms with van der Waals surface area (Å²) in [4.78, 5) is 16.1. The second-order valence-corrected chi connectivity index (χ2v) is 5.12. The molecule has 2 aromatic carbocycles. The lowest BCUT2D eigenvalue weighted by Gasteiger charge is -2.11. The van der Waals surface area contributed by atoms with Crippen LogP contribution in [0.25, 0.3) is 0 Å². The molecule has 2 aromatic rings. The molecule has 20 heavy (non-hydrogen) atoms. The van der Waals surface area contributed by atoms with E-state index in [1.807, 2.05) is 0 Å². The van der Waals surface area contributed by atoms with Crippen LogP contribution in [0.1, 0.15) is 12.5 Å². The number of nitrogens with one attached hydrogen (secondary N) is 1. The number of carbonyl (C=O) groups excluding carboxylic acids is 1. The lowest BCUT2D eigenvalue weighted by molar-refractivity contribution is -0.114. The fraction of sp³-hybridized carbons (Fsp3) is 0.0667. The number of aliphatic imine (C=N–C) groups is 1. The summed E-state index contributed by atoms with van der Waals surface area (Å²) in [6, 6.07) is 10.5. The summed E-state index contributed by atoms with van der Waals surface area (Å²) in [6.45, 7) is 0.000187. The Balaban J connectivity index is 2.25. The van der Waals surface area contributed by atoms with Crippen molar-refractivity contribution in [3.05, 3.63) is 63.6 Å². The zero-order valence-electron chi connectivity index (χ0n) is 11.3. The van der Waals surface area contributed by atoms with Gasteiger partial charge in [0.15, 0.2) is 0 Å². The van der Waals surface area contributed by atoms with Gasteiger partial charge in [-0.05, 0) is 24.2 Å². The molecule has 0 spiro atoms. The van der Waals surface area contributed by atoms with E-state index >= 15 is 0 Å². The third-order valence-electron chi connectivity index (χ3n) is 2.95. The number of carbonyl (C=O) groups is 1. The van der Waals surface area contributed by atoms with Crippen molar-refractivity contribution in [3.63, 3.8) is 0 Å². The van der Waals surface area contributed by atoms with Crippen LogP contribution >= 0.6 is 23.2 Å². The summed E-state index contributed by atoms with van der Waals surface area (Å²) in [5.74, 6) is -0.202. The van der Waals surface area contributed by atoms with E-state index in [0.717, 1.165) is 0 Å². The van der Waals surface area contributed by atoms with Crippen LogP contribution in [0.3, 0.4) is 0 Å². The first-order valence-electron chi connectivity index (χ1n) is 6.46. The molecule has 100 valence electrons. The first-order valence-corrected chi connectivity index (χ1v) is 6.71. The van der Waals surface area contributed by atoms with Crippen molar-refractivity contribution in [2.24, 2.45) is 4.99 Å². The van der Waals surface area contributed by atoms with Gasteiger partial charge < -0.3 is 5.32 Å². The normalized spacial score (nSPS) is 14.8. The van der Waals surface area contributed by atoms with Crippen LogP contribution in [-0.2, 0) is 4.79 Å². The van der Waals surface area contributed by atoms with Gasteiger partial charge in [0.2, 0.25) is 5.91 Å². The number of amides is 1. The van der Waals surface area contributed by atoms with Gasteiger partial charge in [-0.15, -0.1) is 0 Å². The lowest BCUT2D eigenvalue weighted by Crippen LogP contribution is -2.13. The zero-order valence-corrected chi connectivity index (χ0v) is 11.8. The first kappa shape index (κ1) is 11.9. The predicted octanol–water partition coefficient (Wildman–Crippen LogP) is 3.78. The zero-order chi connectivity index (χ0) is 15.0. The van der Waals surface area contributed by atoms with Crippen LogP contribution < -0.4 is 5.32 Å². The third-order valence-corrected chi connectivity index (χ3v) is 3.50. The number of hydrogen-bond acceptors (Lipinski definition) is 2. The summed E-state index contributed by atoms with van der Waals surface area (Å²) in [6.07, 6.45) is 0. The number of halogens is 2. The number of benzene rings is 2. The standard InChI is InChI=1S/C15H10Cl2N2O/c16-9-5-6-13-11(7-9)15(18-8-14(20)19-13)10-3-1-2-4-12(10)17/h1-7H,8H2,(H,19,20)/i4D. The Bertz CT molecular complexity index is 774. The molecule has 0 aliphatic carbocycles. The molecule has 1 aliphatic heterocycles. The van der Waals surface area contributed by atoms with E-state index < -0.39 is 0 Å². The Morgan fingerprint density at radius 3 is 2.90 bits per heavy atom. The van der Waals surface area contributed by atoms with E-state index in [1.54, 1.807) is 36.4 Å². The van der Waals surface area contributed by atoms with Crippen molar-refractivity contribution in [1.82, 2.24) is 0 Å². The average Bonchev–Trinajstić information content (AvgIpc) is 2.61. The molecule has 0 radical (unpaired) electrons. The van der Waals surface area contributed by atoms with Gasteiger partial charge in [-0.2, -0.15) is 0 Å². The van der Waals surface area contributed by atoms with Crippen LogP contribution in [-0.4, -0.2) is 18.2 Å². The SMILES string of the molecule is [2H]c1cccc(C2=NCC(=O)Nc3ccc(Cl)cc32)c1Cl. The highest BCUT2D eigenvalue weighted by Crippen LogP contribution is 2.28. The second kappa shape index (κ2) is 5.27. The van der Waals surface area contributed by atoms with Gasteiger partial charge in [-0.3, -0.25) is 9.79 Å². The maximum atomic E-state index is 11.7. The molecule has 5 heteroatoms. The highest BCUT2D eigenvalue weighted by molar-refractivity contribution is 6.36. The predicted molar refractivity (Wildman–Crippen MR) is 82.0 cm³/mol. The minimum absolute atomic E-state index is 0.000187. The van der Waals surface area contributed by atoms with Crippen LogP contribution in [0.4, 0.5) is 5.69 Å². The van der Waals surface area contributed by atoms with Crippen molar-refractivity contribution < 1.29 is 6.17 Å². The minimum Gasteiger partial charge on any atom is -0.324 e.